The van der Waals surface area contributed by atoms with Crippen molar-refractivity contribution in [1.29, 1.82) is 0 Å². The van der Waals surface area contributed by atoms with E-state index in [2.05, 4.69) is 35.6 Å². The summed E-state index contributed by atoms with van der Waals surface area (Å²) in [7, 11) is 0. The predicted molar refractivity (Wildman–Crippen MR) is 63.5 cm³/mol. The molecule has 1 aliphatic carbocycles. The Kier molecular flexibility index (Phi) is 1.28. The molecule has 0 saturated heterocycles. The minimum atomic E-state index is 0.108. The van der Waals surface area contributed by atoms with Gasteiger partial charge in [-0.3, -0.25) is 4.79 Å². The molecule has 0 radical (unpaired) electrons. The number of rotatable bonds is 0. The largest absolute Gasteiger partial charge is 0.325 e. The maximum absolute atomic E-state index is 11.4. The molecule has 2 aliphatic rings. The summed E-state index contributed by atoms with van der Waals surface area (Å²) in [6, 6.07) is 12.5. The molecule has 16 heavy (non-hydrogen) atoms. The Hall–Kier alpha value is -2.09. The highest BCUT2D eigenvalue weighted by Gasteiger charge is 2.30. The van der Waals surface area contributed by atoms with E-state index >= 15 is 0 Å². The third-order valence-corrected chi connectivity index (χ3v) is 3.40. The van der Waals surface area contributed by atoms with Gasteiger partial charge in [-0.2, -0.15) is 0 Å². The van der Waals surface area contributed by atoms with Crippen molar-refractivity contribution in [1.82, 2.24) is 5.32 Å². The molecule has 1 heterocycles. The van der Waals surface area contributed by atoms with Gasteiger partial charge in [0.15, 0.2) is 0 Å². The van der Waals surface area contributed by atoms with Crippen LogP contribution in [0.3, 0.4) is 0 Å². The third kappa shape index (κ3) is 0.807. The van der Waals surface area contributed by atoms with Crippen LogP contribution in [0.2, 0.25) is 0 Å². The molecule has 0 aromatic heterocycles. The normalized spacial score (nSPS) is 16.9. The van der Waals surface area contributed by atoms with Crippen molar-refractivity contribution in [2.75, 3.05) is 0 Å². The molecule has 76 valence electrons. The van der Waals surface area contributed by atoms with Gasteiger partial charge in [0.25, 0.3) is 0 Å². The molecule has 2 aromatic rings. The van der Waals surface area contributed by atoms with E-state index in [1.54, 1.807) is 0 Å². The van der Waals surface area contributed by atoms with Crippen LogP contribution in [-0.2, 0) is 4.79 Å². The van der Waals surface area contributed by atoms with E-state index in [1.165, 1.54) is 21.9 Å². The van der Waals surface area contributed by atoms with Gasteiger partial charge in [-0.1, -0.05) is 36.4 Å². The Bertz CT molecular complexity index is 629. The molecule has 4 rings (SSSR count). The van der Waals surface area contributed by atoms with Crippen molar-refractivity contribution in [2.24, 2.45) is 0 Å². The molecule has 1 N–H and O–H groups in total. The average Bonchev–Trinajstić information content (AvgIpc) is 2.80. The second-order valence-electron chi connectivity index (χ2n) is 4.29. The van der Waals surface area contributed by atoms with E-state index < -0.39 is 0 Å². The maximum Gasteiger partial charge on any atom is 0.228 e. The van der Waals surface area contributed by atoms with Crippen molar-refractivity contribution in [3.63, 3.8) is 0 Å². The number of benzene rings is 2. The Labute approximate surface area is 92.6 Å². The van der Waals surface area contributed by atoms with Crippen LogP contribution in [-0.4, -0.2) is 5.91 Å². The topological polar surface area (TPSA) is 29.1 Å². The first-order chi connectivity index (χ1) is 7.84. The standard InChI is InChI=1S/C14H9NO/c16-12-7-11-9-5-1-3-8-4-2-6-10(13(8)9)14(11)15-12/h1-6H,7H2,(H,15,16). The molecule has 1 aliphatic heterocycles. The molecular formula is C14H9NO. The summed E-state index contributed by atoms with van der Waals surface area (Å²) < 4.78 is 0. The average molecular weight is 207 g/mol. The second kappa shape index (κ2) is 2.53. The number of fused-ring (bicyclic) bond motifs is 2. The molecule has 0 atom stereocenters. The zero-order valence-corrected chi connectivity index (χ0v) is 8.58. The van der Waals surface area contributed by atoms with Gasteiger partial charge in [0, 0.05) is 5.56 Å². The zero-order chi connectivity index (χ0) is 10.7. The van der Waals surface area contributed by atoms with Crippen LogP contribution in [0.15, 0.2) is 36.4 Å². The molecule has 0 spiro atoms. The number of hydrogen-bond donors (Lipinski definition) is 1. The lowest BCUT2D eigenvalue weighted by Crippen LogP contribution is -2.14. The van der Waals surface area contributed by atoms with Crippen molar-refractivity contribution in [3.8, 4) is 0 Å². The minimum absolute atomic E-state index is 0.108. The highest BCUT2D eigenvalue weighted by Crippen LogP contribution is 2.44. The smallest absolute Gasteiger partial charge is 0.228 e. The third-order valence-electron chi connectivity index (χ3n) is 3.40. The van der Waals surface area contributed by atoms with Gasteiger partial charge in [-0.25, -0.2) is 0 Å². The van der Waals surface area contributed by atoms with Crippen LogP contribution in [0.1, 0.15) is 17.5 Å². The lowest BCUT2D eigenvalue weighted by atomic mass is 10.0. The Morgan fingerprint density at radius 3 is 2.56 bits per heavy atom. The van der Waals surface area contributed by atoms with Crippen LogP contribution in [0.4, 0.5) is 0 Å². The fraction of sp³-hybridized carbons (Fsp3) is 0.0714. The monoisotopic (exact) mass is 207 g/mol. The van der Waals surface area contributed by atoms with E-state index in [0.717, 1.165) is 11.3 Å². The van der Waals surface area contributed by atoms with E-state index in [-0.39, 0.29) is 5.91 Å². The molecule has 0 saturated carbocycles. The van der Waals surface area contributed by atoms with E-state index in [9.17, 15) is 4.79 Å². The number of amides is 1. The van der Waals surface area contributed by atoms with E-state index in [1.807, 2.05) is 6.07 Å². The summed E-state index contributed by atoms with van der Waals surface area (Å²) in [5.74, 6) is 0.108. The SMILES string of the molecule is O=C1CC2=C(N1)c1cccc3cccc2c13. The summed E-state index contributed by atoms with van der Waals surface area (Å²) in [5, 5.41) is 5.50. The molecule has 0 fully saturated rings. The Morgan fingerprint density at radius 1 is 1.00 bits per heavy atom. The quantitative estimate of drug-likeness (QED) is 0.706. The number of nitrogens with one attached hydrogen (secondary N) is 1. The van der Waals surface area contributed by atoms with Crippen LogP contribution in [0.5, 0.6) is 0 Å². The highest BCUT2D eigenvalue weighted by atomic mass is 16.1. The van der Waals surface area contributed by atoms with Crippen LogP contribution in [0, 0.1) is 0 Å². The fourth-order valence-corrected chi connectivity index (χ4v) is 2.77. The Morgan fingerprint density at radius 2 is 1.75 bits per heavy atom. The first-order valence-corrected chi connectivity index (χ1v) is 5.40. The van der Waals surface area contributed by atoms with E-state index in [4.69, 9.17) is 0 Å². The summed E-state index contributed by atoms with van der Waals surface area (Å²) >= 11 is 0. The summed E-state index contributed by atoms with van der Waals surface area (Å²) in [4.78, 5) is 11.4. The first-order valence-electron chi connectivity index (χ1n) is 5.40. The van der Waals surface area contributed by atoms with Gasteiger partial charge in [0.05, 0.1) is 12.1 Å². The van der Waals surface area contributed by atoms with Crippen molar-refractivity contribution < 1.29 is 4.79 Å². The van der Waals surface area contributed by atoms with Gasteiger partial charge in [-0.05, 0) is 21.9 Å². The number of carbonyl (C=O) groups is 1. The van der Waals surface area contributed by atoms with Crippen LogP contribution >= 0.6 is 0 Å². The molecule has 2 nitrogen and oxygen atoms in total. The van der Waals surface area contributed by atoms with Gasteiger partial charge in [0.2, 0.25) is 5.91 Å². The van der Waals surface area contributed by atoms with Crippen LogP contribution < -0.4 is 5.32 Å². The lowest BCUT2D eigenvalue weighted by molar-refractivity contribution is -0.118. The summed E-state index contributed by atoms with van der Waals surface area (Å²) in [6.07, 6.45) is 0.517. The molecule has 0 unspecified atom stereocenters. The van der Waals surface area contributed by atoms with Gasteiger partial charge < -0.3 is 5.32 Å². The number of carbonyl (C=O) groups excluding carboxylic acids is 1. The molecular weight excluding hydrogens is 198 g/mol. The van der Waals surface area contributed by atoms with Gasteiger partial charge in [-0.15, -0.1) is 0 Å². The van der Waals surface area contributed by atoms with Crippen LogP contribution in [0.25, 0.3) is 22.0 Å². The van der Waals surface area contributed by atoms with Crippen molar-refractivity contribution in [2.45, 2.75) is 6.42 Å². The minimum Gasteiger partial charge on any atom is -0.325 e. The molecule has 0 bridgehead atoms. The molecule has 2 aromatic carbocycles. The first kappa shape index (κ1) is 8.11. The maximum atomic E-state index is 11.4. The summed E-state index contributed by atoms with van der Waals surface area (Å²) in [6.45, 7) is 0. The summed E-state index contributed by atoms with van der Waals surface area (Å²) in [5.41, 5.74) is 4.59. The van der Waals surface area contributed by atoms with Gasteiger partial charge >= 0.3 is 0 Å². The van der Waals surface area contributed by atoms with Crippen molar-refractivity contribution >= 4 is 27.9 Å². The predicted octanol–water partition coefficient (Wildman–Crippen LogP) is 2.54. The zero-order valence-electron chi connectivity index (χ0n) is 8.58. The van der Waals surface area contributed by atoms with Crippen molar-refractivity contribution in [3.05, 3.63) is 47.5 Å². The fourth-order valence-electron chi connectivity index (χ4n) is 2.77. The second-order valence-corrected chi connectivity index (χ2v) is 4.29. The highest BCUT2D eigenvalue weighted by molar-refractivity contribution is 6.21. The molecule has 1 amide bonds. The number of hydrogen-bond acceptors (Lipinski definition) is 1. The van der Waals surface area contributed by atoms with E-state index in [0.29, 0.717) is 6.42 Å². The molecule has 2 heteroatoms. The lowest BCUT2D eigenvalue weighted by Gasteiger charge is -2.05. The Balaban J connectivity index is 2.16. The van der Waals surface area contributed by atoms with Gasteiger partial charge in [0.1, 0.15) is 0 Å².